The van der Waals surface area contributed by atoms with Crippen molar-refractivity contribution < 1.29 is 19.7 Å². The Morgan fingerprint density at radius 2 is 2.24 bits per heavy atom. The summed E-state index contributed by atoms with van der Waals surface area (Å²) in [7, 11) is 1.64. The summed E-state index contributed by atoms with van der Waals surface area (Å²) in [4.78, 5) is 18.2. The second-order valence-electron chi connectivity index (χ2n) is 5.26. The number of likely N-dealkylation sites (N-methyl/N-ethyl adjacent to an activating group) is 1. The number of carbonyl (C=O) groups is 1. The van der Waals surface area contributed by atoms with E-state index in [0.717, 1.165) is 6.42 Å². The van der Waals surface area contributed by atoms with Crippen LogP contribution in [0.1, 0.15) is 36.5 Å². The number of pyridine rings is 1. The largest absolute Gasteiger partial charge is 0.477 e. The number of amides is 1. The monoisotopic (exact) mass is 294 g/mol. The molecule has 2 rings (SSSR count). The molecule has 1 aromatic heterocycles. The fraction of sp³-hybridized carbons (Fsp3) is 0.600. The van der Waals surface area contributed by atoms with Gasteiger partial charge in [-0.25, -0.2) is 4.98 Å². The molecule has 6 heteroatoms. The van der Waals surface area contributed by atoms with Crippen LogP contribution < -0.4 is 4.74 Å². The van der Waals surface area contributed by atoms with Gasteiger partial charge in [0.1, 0.15) is 11.7 Å². The molecular formula is C15H22N2O4. The van der Waals surface area contributed by atoms with Crippen molar-refractivity contribution in [1.82, 2.24) is 9.88 Å². The third kappa shape index (κ3) is 3.33. The van der Waals surface area contributed by atoms with E-state index in [-0.39, 0.29) is 5.91 Å². The maximum atomic E-state index is 12.6. The number of ether oxygens (including phenoxy) is 1. The molecule has 1 heterocycles. The third-order valence-electron chi connectivity index (χ3n) is 3.89. The summed E-state index contributed by atoms with van der Waals surface area (Å²) in [6, 6.07) is 2.94. The van der Waals surface area contributed by atoms with Gasteiger partial charge < -0.3 is 19.8 Å². The van der Waals surface area contributed by atoms with Crippen molar-refractivity contribution >= 4 is 5.91 Å². The molecule has 1 aliphatic rings. The van der Waals surface area contributed by atoms with Crippen LogP contribution in [0.5, 0.6) is 5.88 Å². The number of rotatable bonds is 4. The van der Waals surface area contributed by atoms with Gasteiger partial charge in [0.15, 0.2) is 0 Å². The number of aliphatic hydroxyl groups excluding tert-OH is 2. The van der Waals surface area contributed by atoms with E-state index in [9.17, 15) is 15.0 Å². The van der Waals surface area contributed by atoms with Crippen LogP contribution in [-0.2, 0) is 0 Å². The van der Waals surface area contributed by atoms with Gasteiger partial charge in [0, 0.05) is 13.2 Å². The van der Waals surface area contributed by atoms with Crippen LogP contribution in [0.25, 0.3) is 0 Å². The van der Waals surface area contributed by atoms with Crippen molar-refractivity contribution in [3.63, 3.8) is 0 Å². The predicted octanol–water partition coefficient (Wildman–Crippen LogP) is 0.827. The van der Waals surface area contributed by atoms with Gasteiger partial charge in [-0.05, 0) is 38.3 Å². The molecule has 1 aliphatic carbocycles. The van der Waals surface area contributed by atoms with E-state index in [1.165, 1.54) is 4.90 Å². The number of aromatic nitrogens is 1. The Bertz CT molecular complexity index is 494. The van der Waals surface area contributed by atoms with Crippen LogP contribution in [0, 0.1) is 0 Å². The zero-order chi connectivity index (χ0) is 15.4. The molecule has 0 bridgehead atoms. The van der Waals surface area contributed by atoms with Crippen LogP contribution >= 0.6 is 0 Å². The van der Waals surface area contributed by atoms with E-state index in [4.69, 9.17) is 4.74 Å². The standard InChI is InChI=1S/C15H22N2O4/c1-3-21-14-10(6-5-9-16-14)15(20)17(2)11-7-4-8-12(18)13(11)19/h5-6,9,11-13,18-19H,3-4,7-8H2,1-2H3/t11-,12-,13-/m1/s1. The summed E-state index contributed by atoms with van der Waals surface area (Å²) in [6.07, 6.45) is 1.90. The summed E-state index contributed by atoms with van der Waals surface area (Å²) < 4.78 is 5.37. The second-order valence-corrected chi connectivity index (χ2v) is 5.26. The van der Waals surface area contributed by atoms with Gasteiger partial charge in [0.05, 0.1) is 18.8 Å². The molecule has 6 nitrogen and oxygen atoms in total. The lowest BCUT2D eigenvalue weighted by atomic mass is 9.89. The molecule has 0 saturated heterocycles. The van der Waals surface area contributed by atoms with Gasteiger partial charge in [0.2, 0.25) is 5.88 Å². The first-order chi connectivity index (χ1) is 10.1. The maximum absolute atomic E-state index is 12.6. The Morgan fingerprint density at radius 1 is 1.48 bits per heavy atom. The Morgan fingerprint density at radius 3 is 2.95 bits per heavy atom. The zero-order valence-corrected chi connectivity index (χ0v) is 12.4. The van der Waals surface area contributed by atoms with E-state index in [0.29, 0.717) is 30.9 Å². The first-order valence-corrected chi connectivity index (χ1v) is 7.27. The van der Waals surface area contributed by atoms with Gasteiger partial charge >= 0.3 is 0 Å². The molecular weight excluding hydrogens is 272 g/mol. The van der Waals surface area contributed by atoms with Crippen molar-refractivity contribution in [1.29, 1.82) is 0 Å². The van der Waals surface area contributed by atoms with Crippen LogP contribution in [0.3, 0.4) is 0 Å². The second kappa shape index (κ2) is 6.87. The van der Waals surface area contributed by atoms with Crippen molar-refractivity contribution in [2.75, 3.05) is 13.7 Å². The quantitative estimate of drug-likeness (QED) is 0.859. The predicted molar refractivity (Wildman–Crippen MR) is 77.2 cm³/mol. The van der Waals surface area contributed by atoms with E-state index in [1.54, 1.807) is 25.4 Å². The lowest BCUT2D eigenvalue weighted by Crippen LogP contribution is -2.51. The highest BCUT2D eigenvalue weighted by Crippen LogP contribution is 2.25. The first kappa shape index (κ1) is 15.7. The van der Waals surface area contributed by atoms with Crippen molar-refractivity contribution in [3.8, 4) is 5.88 Å². The smallest absolute Gasteiger partial charge is 0.259 e. The van der Waals surface area contributed by atoms with Gasteiger partial charge in [-0.3, -0.25) is 4.79 Å². The molecule has 0 unspecified atom stereocenters. The molecule has 0 aliphatic heterocycles. The summed E-state index contributed by atoms with van der Waals surface area (Å²) in [6.45, 7) is 2.25. The summed E-state index contributed by atoms with van der Waals surface area (Å²) >= 11 is 0. The molecule has 1 amide bonds. The molecule has 0 radical (unpaired) electrons. The topological polar surface area (TPSA) is 82.9 Å². The van der Waals surface area contributed by atoms with Gasteiger partial charge in [-0.1, -0.05) is 0 Å². The Kier molecular flexibility index (Phi) is 5.14. The van der Waals surface area contributed by atoms with Crippen LogP contribution in [0.2, 0.25) is 0 Å². The fourth-order valence-electron chi connectivity index (χ4n) is 2.70. The Labute approximate surface area is 124 Å². The average molecular weight is 294 g/mol. The number of carbonyl (C=O) groups excluding carboxylic acids is 1. The summed E-state index contributed by atoms with van der Waals surface area (Å²) in [5.74, 6) is 0.0346. The Balaban J connectivity index is 2.19. The van der Waals surface area contributed by atoms with Crippen LogP contribution in [0.4, 0.5) is 0 Å². The van der Waals surface area contributed by atoms with E-state index in [2.05, 4.69) is 4.98 Å². The van der Waals surface area contributed by atoms with Gasteiger partial charge in [-0.15, -0.1) is 0 Å². The molecule has 21 heavy (non-hydrogen) atoms. The fourth-order valence-corrected chi connectivity index (χ4v) is 2.70. The van der Waals surface area contributed by atoms with E-state index < -0.39 is 18.2 Å². The number of hydrogen-bond donors (Lipinski definition) is 2. The first-order valence-electron chi connectivity index (χ1n) is 7.27. The lowest BCUT2D eigenvalue weighted by Gasteiger charge is -2.37. The lowest BCUT2D eigenvalue weighted by molar-refractivity contribution is -0.0527. The van der Waals surface area contributed by atoms with Crippen LogP contribution in [-0.4, -0.2) is 57.9 Å². The molecule has 116 valence electrons. The van der Waals surface area contributed by atoms with E-state index in [1.807, 2.05) is 6.92 Å². The normalized spacial score (nSPS) is 25.4. The Hall–Kier alpha value is -1.66. The summed E-state index contributed by atoms with van der Waals surface area (Å²) in [5, 5.41) is 19.8. The third-order valence-corrected chi connectivity index (χ3v) is 3.89. The molecule has 0 aromatic carbocycles. The minimum absolute atomic E-state index is 0.260. The van der Waals surface area contributed by atoms with Crippen molar-refractivity contribution in [2.45, 2.75) is 44.4 Å². The highest BCUT2D eigenvalue weighted by atomic mass is 16.5. The number of hydrogen-bond acceptors (Lipinski definition) is 5. The molecule has 1 fully saturated rings. The average Bonchev–Trinajstić information content (AvgIpc) is 2.49. The zero-order valence-electron chi connectivity index (χ0n) is 12.4. The minimum atomic E-state index is -0.917. The van der Waals surface area contributed by atoms with Gasteiger partial charge in [0.25, 0.3) is 5.91 Å². The van der Waals surface area contributed by atoms with Gasteiger partial charge in [-0.2, -0.15) is 0 Å². The van der Waals surface area contributed by atoms with Crippen molar-refractivity contribution in [3.05, 3.63) is 23.9 Å². The van der Waals surface area contributed by atoms with E-state index >= 15 is 0 Å². The maximum Gasteiger partial charge on any atom is 0.259 e. The van der Waals surface area contributed by atoms with Crippen molar-refractivity contribution in [2.24, 2.45) is 0 Å². The SMILES string of the molecule is CCOc1ncccc1C(=O)N(C)[C@@H]1CCC[C@@H](O)[C@@H]1O. The molecule has 0 spiro atoms. The molecule has 3 atom stereocenters. The highest BCUT2D eigenvalue weighted by molar-refractivity contribution is 5.96. The highest BCUT2D eigenvalue weighted by Gasteiger charge is 2.35. The minimum Gasteiger partial charge on any atom is -0.477 e. The number of nitrogens with zero attached hydrogens (tertiary/aromatic N) is 2. The van der Waals surface area contributed by atoms with Crippen LogP contribution in [0.15, 0.2) is 18.3 Å². The molecule has 1 saturated carbocycles. The molecule has 2 N–H and O–H groups in total. The summed E-state index contributed by atoms with van der Waals surface area (Å²) in [5.41, 5.74) is 0.370. The molecule has 1 aromatic rings. The number of aliphatic hydroxyl groups is 2.